The molecule has 2 aromatic rings. The van der Waals surface area contributed by atoms with Crippen LogP contribution in [0, 0.1) is 0 Å². The Bertz CT molecular complexity index is 1100. The molecule has 0 aliphatic rings. The largest absolute Gasteiger partial charge is 0.495 e. The highest BCUT2D eigenvalue weighted by molar-refractivity contribution is 7.92. The van der Waals surface area contributed by atoms with Crippen molar-refractivity contribution in [2.75, 3.05) is 24.2 Å². The lowest BCUT2D eigenvalue weighted by Gasteiger charge is -2.32. The maximum atomic E-state index is 13.5. The van der Waals surface area contributed by atoms with Crippen LogP contribution in [-0.4, -0.2) is 57.1 Å². The van der Waals surface area contributed by atoms with Gasteiger partial charge in [-0.05, 0) is 44.0 Å². The predicted molar refractivity (Wildman–Crippen MR) is 135 cm³/mol. The van der Waals surface area contributed by atoms with Crippen LogP contribution >= 0.6 is 11.6 Å². The average molecular weight is 510 g/mol. The van der Waals surface area contributed by atoms with Gasteiger partial charge in [0.1, 0.15) is 18.3 Å². The van der Waals surface area contributed by atoms with Crippen LogP contribution in [0.5, 0.6) is 5.75 Å². The van der Waals surface area contributed by atoms with Gasteiger partial charge in [0.25, 0.3) is 0 Å². The molecule has 0 bridgehead atoms. The van der Waals surface area contributed by atoms with Crippen LogP contribution in [0.3, 0.4) is 0 Å². The lowest BCUT2D eigenvalue weighted by molar-refractivity contribution is -0.139. The number of amides is 2. The van der Waals surface area contributed by atoms with Crippen molar-refractivity contribution in [3.05, 3.63) is 59.1 Å². The molecule has 34 heavy (non-hydrogen) atoms. The SMILES string of the molecule is CC[C@H](C)NC(=O)[C@H](C)N(Cc1ccccc1)C(=O)CN(c1cc(Cl)ccc1OC)S(C)(=O)=O. The summed E-state index contributed by atoms with van der Waals surface area (Å²) in [7, 11) is -2.49. The van der Waals surface area contributed by atoms with Crippen LogP contribution < -0.4 is 14.4 Å². The van der Waals surface area contributed by atoms with Crippen molar-refractivity contribution in [2.45, 2.75) is 45.8 Å². The molecule has 2 rings (SSSR count). The molecule has 0 fully saturated rings. The molecule has 0 spiro atoms. The van der Waals surface area contributed by atoms with Crippen LogP contribution in [0.25, 0.3) is 0 Å². The number of carbonyl (C=O) groups is 2. The second kappa shape index (κ2) is 12.1. The monoisotopic (exact) mass is 509 g/mol. The van der Waals surface area contributed by atoms with Gasteiger partial charge in [-0.3, -0.25) is 13.9 Å². The fraction of sp³-hybridized carbons (Fsp3) is 0.417. The molecule has 186 valence electrons. The van der Waals surface area contributed by atoms with Crippen molar-refractivity contribution in [1.29, 1.82) is 0 Å². The maximum Gasteiger partial charge on any atom is 0.244 e. The van der Waals surface area contributed by atoms with Crippen LogP contribution in [0.4, 0.5) is 5.69 Å². The highest BCUT2D eigenvalue weighted by Crippen LogP contribution is 2.33. The minimum absolute atomic E-state index is 0.0631. The summed E-state index contributed by atoms with van der Waals surface area (Å²) in [6.45, 7) is 5.07. The van der Waals surface area contributed by atoms with E-state index in [4.69, 9.17) is 16.3 Å². The van der Waals surface area contributed by atoms with E-state index in [1.54, 1.807) is 13.0 Å². The summed E-state index contributed by atoms with van der Waals surface area (Å²) in [5.74, 6) is -0.604. The predicted octanol–water partition coefficient (Wildman–Crippen LogP) is 3.45. The first-order valence-electron chi connectivity index (χ1n) is 10.9. The Morgan fingerprint density at radius 1 is 1.12 bits per heavy atom. The van der Waals surface area contributed by atoms with Gasteiger partial charge < -0.3 is 15.0 Å². The normalized spacial score (nSPS) is 13.0. The first-order chi connectivity index (χ1) is 16.0. The van der Waals surface area contributed by atoms with E-state index in [0.29, 0.717) is 5.02 Å². The van der Waals surface area contributed by atoms with Gasteiger partial charge in [0.05, 0.1) is 19.1 Å². The highest BCUT2D eigenvalue weighted by atomic mass is 35.5. The molecule has 0 aliphatic heterocycles. The van der Waals surface area contributed by atoms with Gasteiger partial charge in [-0.2, -0.15) is 0 Å². The number of halogens is 1. The first-order valence-corrected chi connectivity index (χ1v) is 13.2. The van der Waals surface area contributed by atoms with Gasteiger partial charge in [-0.15, -0.1) is 0 Å². The fourth-order valence-electron chi connectivity index (χ4n) is 3.28. The van der Waals surface area contributed by atoms with Gasteiger partial charge in [-0.1, -0.05) is 48.9 Å². The van der Waals surface area contributed by atoms with Crippen molar-refractivity contribution in [3.63, 3.8) is 0 Å². The van der Waals surface area contributed by atoms with E-state index in [1.807, 2.05) is 44.2 Å². The molecule has 2 aromatic carbocycles. The number of nitrogens with zero attached hydrogens (tertiary/aromatic N) is 2. The Hall–Kier alpha value is -2.78. The third-order valence-corrected chi connectivity index (χ3v) is 6.81. The van der Waals surface area contributed by atoms with Crippen molar-refractivity contribution >= 4 is 39.1 Å². The van der Waals surface area contributed by atoms with Crippen molar-refractivity contribution in [3.8, 4) is 5.75 Å². The number of hydrogen-bond donors (Lipinski definition) is 1. The van der Waals surface area contributed by atoms with Crippen LogP contribution in [0.1, 0.15) is 32.8 Å². The van der Waals surface area contributed by atoms with Crippen LogP contribution in [0.15, 0.2) is 48.5 Å². The van der Waals surface area contributed by atoms with Crippen LogP contribution in [0.2, 0.25) is 5.02 Å². The number of benzene rings is 2. The molecule has 0 radical (unpaired) electrons. The number of methoxy groups -OCH3 is 1. The molecule has 0 unspecified atom stereocenters. The Balaban J connectivity index is 2.43. The zero-order chi connectivity index (χ0) is 25.5. The molecular weight excluding hydrogens is 478 g/mol. The number of anilines is 1. The number of nitrogens with one attached hydrogen (secondary N) is 1. The summed E-state index contributed by atoms with van der Waals surface area (Å²) in [6.07, 6.45) is 1.74. The van der Waals surface area contributed by atoms with E-state index in [9.17, 15) is 18.0 Å². The van der Waals surface area contributed by atoms with Gasteiger partial charge in [0.15, 0.2) is 0 Å². The quantitative estimate of drug-likeness (QED) is 0.500. The Morgan fingerprint density at radius 3 is 2.32 bits per heavy atom. The summed E-state index contributed by atoms with van der Waals surface area (Å²) in [5.41, 5.74) is 0.951. The maximum absolute atomic E-state index is 13.5. The minimum atomic E-state index is -3.89. The lowest BCUT2D eigenvalue weighted by Crippen LogP contribution is -2.52. The molecule has 8 nitrogen and oxygen atoms in total. The number of carbonyl (C=O) groups excluding carboxylic acids is 2. The number of sulfonamides is 1. The Kier molecular flexibility index (Phi) is 9.76. The second-order valence-electron chi connectivity index (χ2n) is 8.09. The lowest BCUT2D eigenvalue weighted by atomic mass is 10.1. The van der Waals surface area contributed by atoms with E-state index < -0.39 is 28.5 Å². The molecule has 0 saturated heterocycles. The number of ether oxygens (including phenoxy) is 1. The molecule has 0 aliphatic carbocycles. The molecule has 2 atom stereocenters. The summed E-state index contributed by atoms with van der Waals surface area (Å²) < 4.78 is 31.6. The highest BCUT2D eigenvalue weighted by Gasteiger charge is 2.31. The average Bonchev–Trinajstić information content (AvgIpc) is 2.80. The van der Waals surface area contributed by atoms with Crippen molar-refractivity contribution in [1.82, 2.24) is 10.2 Å². The summed E-state index contributed by atoms with van der Waals surface area (Å²) >= 11 is 6.10. The van der Waals surface area contributed by atoms with E-state index in [1.165, 1.54) is 24.1 Å². The molecule has 10 heteroatoms. The van der Waals surface area contributed by atoms with Crippen LogP contribution in [-0.2, 0) is 26.2 Å². The zero-order valence-corrected chi connectivity index (χ0v) is 21.7. The van der Waals surface area contributed by atoms with E-state index in [-0.39, 0.29) is 29.9 Å². The zero-order valence-electron chi connectivity index (χ0n) is 20.1. The van der Waals surface area contributed by atoms with Gasteiger partial charge in [0.2, 0.25) is 21.8 Å². The smallest absolute Gasteiger partial charge is 0.244 e. The standard InChI is InChI=1S/C24H32ClN3O5S/c1-6-17(2)26-24(30)18(3)27(15-19-10-8-7-9-11-19)23(29)16-28(34(5,31)32)21-14-20(25)12-13-22(21)33-4/h7-14,17-18H,6,15-16H2,1-5H3,(H,26,30)/t17-,18-/m0/s1. The second-order valence-corrected chi connectivity index (χ2v) is 10.4. The Morgan fingerprint density at radius 2 is 1.76 bits per heavy atom. The molecule has 0 heterocycles. The fourth-order valence-corrected chi connectivity index (χ4v) is 4.29. The molecule has 2 amide bonds. The van der Waals surface area contributed by atoms with Crippen molar-refractivity contribution in [2.24, 2.45) is 0 Å². The topological polar surface area (TPSA) is 96.0 Å². The molecule has 0 saturated carbocycles. The van der Waals surface area contributed by atoms with E-state index >= 15 is 0 Å². The minimum Gasteiger partial charge on any atom is -0.495 e. The van der Waals surface area contributed by atoms with E-state index in [2.05, 4.69) is 5.32 Å². The van der Waals surface area contributed by atoms with Gasteiger partial charge in [-0.25, -0.2) is 8.42 Å². The molecule has 1 N–H and O–H groups in total. The summed E-state index contributed by atoms with van der Waals surface area (Å²) in [6, 6.07) is 12.8. The Labute approximate surface area is 206 Å². The molecular formula is C24H32ClN3O5S. The number of hydrogen-bond acceptors (Lipinski definition) is 5. The van der Waals surface area contributed by atoms with Crippen molar-refractivity contribution < 1.29 is 22.7 Å². The van der Waals surface area contributed by atoms with E-state index in [0.717, 1.165) is 22.5 Å². The summed E-state index contributed by atoms with van der Waals surface area (Å²) in [5, 5.41) is 3.18. The third kappa shape index (κ3) is 7.36. The molecule has 0 aromatic heterocycles. The van der Waals surface area contributed by atoms with Gasteiger partial charge in [0, 0.05) is 17.6 Å². The summed E-state index contributed by atoms with van der Waals surface area (Å²) in [4.78, 5) is 27.8. The van der Waals surface area contributed by atoms with Gasteiger partial charge >= 0.3 is 0 Å². The number of rotatable bonds is 11. The first kappa shape index (κ1) is 27.5. The third-order valence-electron chi connectivity index (χ3n) is 5.45.